The second-order valence-corrected chi connectivity index (χ2v) is 4.30. The summed E-state index contributed by atoms with van der Waals surface area (Å²) in [6.07, 6.45) is 3.52. The van der Waals surface area contributed by atoms with Gasteiger partial charge in [-0.2, -0.15) is 10.2 Å². The van der Waals surface area contributed by atoms with Crippen LogP contribution in [-0.4, -0.2) is 17.3 Å². The van der Waals surface area contributed by atoms with E-state index in [-0.39, 0.29) is 11.5 Å². The summed E-state index contributed by atoms with van der Waals surface area (Å²) in [7, 11) is 1.67. The highest BCUT2D eigenvalue weighted by Gasteiger charge is 2.43. The van der Waals surface area contributed by atoms with Gasteiger partial charge >= 0.3 is 0 Å². The van der Waals surface area contributed by atoms with Gasteiger partial charge in [-0.05, 0) is 26.2 Å². The smallest absolute Gasteiger partial charge is 0.228 e. The first-order chi connectivity index (χ1) is 7.70. The van der Waals surface area contributed by atoms with Crippen LogP contribution in [0.4, 0.5) is 0 Å². The Bertz CT molecular complexity index is 398. The van der Waals surface area contributed by atoms with E-state index in [0.29, 0.717) is 18.1 Å². The number of rotatable bonds is 4. The zero-order valence-corrected chi connectivity index (χ0v) is 9.56. The fraction of sp³-hybridized carbons (Fsp3) is 0.727. The third-order valence-electron chi connectivity index (χ3n) is 3.13. The van der Waals surface area contributed by atoms with E-state index >= 15 is 0 Å². The Kier molecular flexibility index (Phi) is 2.92. The van der Waals surface area contributed by atoms with Crippen LogP contribution >= 0.6 is 0 Å². The first-order valence-corrected chi connectivity index (χ1v) is 5.48. The van der Waals surface area contributed by atoms with Gasteiger partial charge in [-0.3, -0.25) is 0 Å². The summed E-state index contributed by atoms with van der Waals surface area (Å²) in [5.74, 6) is 1.04. The molecule has 1 heterocycles. The minimum Gasteiger partial charge on any atom is -0.370 e. The summed E-state index contributed by atoms with van der Waals surface area (Å²) < 4.78 is 10.6. The van der Waals surface area contributed by atoms with Crippen molar-refractivity contribution in [3.05, 3.63) is 11.7 Å². The molecule has 1 aliphatic rings. The SMILES string of the molecule is COC1(c2noc(CC(C)C#N)n2)CCC1. The van der Waals surface area contributed by atoms with E-state index in [1.807, 2.05) is 6.92 Å². The molecule has 2 rings (SSSR count). The van der Waals surface area contributed by atoms with Crippen molar-refractivity contribution >= 4 is 0 Å². The van der Waals surface area contributed by atoms with Crippen LogP contribution in [0.15, 0.2) is 4.52 Å². The van der Waals surface area contributed by atoms with Crippen LogP contribution in [0.3, 0.4) is 0 Å². The fourth-order valence-electron chi connectivity index (χ4n) is 1.85. The molecule has 0 aromatic carbocycles. The summed E-state index contributed by atoms with van der Waals surface area (Å²) >= 11 is 0. The maximum absolute atomic E-state index is 8.70. The molecule has 0 radical (unpaired) electrons. The molecule has 1 aromatic rings. The van der Waals surface area contributed by atoms with E-state index in [9.17, 15) is 0 Å². The molecule has 1 atom stereocenters. The lowest BCUT2D eigenvalue weighted by molar-refractivity contribution is -0.0858. The molecule has 0 aliphatic heterocycles. The van der Waals surface area contributed by atoms with Gasteiger partial charge < -0.3 is 9.26 Å². The van der Waals surface area contributed by atoms with Crippen molar-refractivity contribution in [2.75, 3.05) is 7.11 Å². The second kappa shape index (κ2) is 4.22. The van der Waals surface area contributed by atoms with Crippen LogP contribution in [0, 0.1) is 17.2 Å². The van der Waals surface area contributed by atoms with Gasteiger partial charge in [0.1, 0.15) is 5.60 Å². The third-order valence-corrected chi connectivity index (χ3v) is 3.13. The van der Waals surface area contributed by atoms with Crippen LogP contribution in [0.25, 0.3) is 0 Å². The van der Waals surface area contributed by atoms with E-state index in [4.69, 9.17) is 14.5 Å². The van der Waals surface area contributed by atoms with Gasteiger partial charge in [-0.1, -0.05) is 5.16 Å². The second-order valence-electron chi connectivity index (χ2n) is 4.30. The molecule has 0 saturated heterocycles. The average Bonchev–Trinajstić information content (AvgIpc) is 2.66. The third kappa shape index (κ3) is 1.81. The number of nitriles is 1. The Morgan fingerprint density at radius 1 is 1.62 bits per heavy atom. The van der Waals surface area contributed by atoms with E-state index in [1.54, 1.807) is 7.11 Å². The first-order valence-electron chi connectivity index (χ1n) is 5.48. The molecule has 0 N–H and O–H groups in total. The maximum atomic E-state index is 8.70. The number of nitrogens with zero attached hydrogens (tertiary/aromatic N) is 3. The number of aromatic nitrogens is 2. The zero-order chi connectivity index (χ0) is 11.6. The van der Waals surface area contributed by atoms with Crippen LogP contribution in [-0.2, 0) is 16.8 Å². The van der Waals surface area contributed by atoms with Gasteiger partial charge in [0.25, 0.3) is 0 Å². The monoisotopic (exact) mass is 221 g/mol. The van der Waals surface area contributed by atoms with Crippen molar-refractivity contribution in [3.8, 4) is 6.07 Å². The topological polar surface area (TPSA) is 71.9 Å². The van der Waals surface area contributed by atoms with Crippen molar-refractivity contribution in [1.29, 1.82) is 5.26 Å². The van der Waals surface area contributed by atoms with Crippen LogP contribution < -0.4 is 0 Å². The van der Waals surface area contributed by atoms with Gasteiger partial charge in [0.2, 0.25) is 11.7 Å². The highest BCUT2D eigenvalue weighted by molar-refractivity contribution is 5.07. The number of methoxy groups -OCH3 is 1. The molecular formula is C11H15N3O2. The molecule has 1 saturated carbocycles. The predicted molar refractivity (Wildman–Crippen MR) is 55.3 cm³/mol. The Hall–Kier alpha value is -1.41. The molecule has 86 valence electrons. The van der Waals surface area contributed by atoms with Gasteiger partial charge in [0, 0.05) is 13.5 Å². The number of hydrogen-bond acceptors (Lipinski definition) is 5. The summed E-state index contributed by atoms with van der Waals surface area (Å²) in [6.45, 7) is 1.83. The molecule has 1 unspecified atom stereocenters. The van der Waals surface area contributed by atoms with Gasteiger partial charge in [-0.15, -0.1) is 0 Å². The molecule has 5 nitrogen and oxygen atoms in total. The lowest BCUT2D eigenvalue weighted by atomic mass is 9.79. The summed E-state index contributed by atoms with van der Waals surface area (Å²) in [6, 6.07) is 2.14. The van der Waals surface area contributed by atoms with Crippen molar-refractivity contribution in [3.63, 3.8) is 0 Å². The van der Waals surface area contributed by atoms with Crippen LogP contribution in [0.5, 0.6) is 0 Å². The Morgan fingerprint density at radius 3 is 2.88 bits per heavy atom. The summed E-state index contributed by atoms with van der Waals surface area (Å²) in [5.41, 5.74) is -0.336. The van der Waals surface area contributed by atoms with E-state index in [2.05, 4.69) is 16.2 Å². The van der Waals surface area contributed by atoms with Gasteiger partial charge in [0.15, 0.2) is 0 Å². The molecule has 1 aromatic heterocycles. The molecule has 0 amide bonds. The fourth-order valence-corrected chi connectivity index (χ4v) is 1.85. The zero-order valence-electron chi connectivity index (χ0n) is 9.56. The van der Waals surface area contributed by atoms with Crippen molar-refractivity contribution in [2.24, 2.45) is 5.92 Å². The van der Waals surface area contributed by atoms with E-state index in [0.717, 1.165) is 19.3 Å². The quantitative estimate of drug-likeness (QED) is 0.775. The molecule has 0 bridgehead atoms. The summed E-state index contributed by atoms with van der Waals surface area (Å²) in [4.78, 5) is 4.31. The van der Waals surface area contributed by atoms with E-state index < -0.39 is 0 Å². The van der Waals surface area contributed by atoms with Crippen LogP contribution in [0.1, 0.15) is 37.9 Å². The summed E-state index contributed by atoms with van der Waals surface area (Å²) in [5, 5.41) is 12.6. The lowest BCUT2D eigenvalue weighted by Crippen LogP contribution is -2.37. The number of hydrogen-bond donors (Lipinski definition) is 0. The van der Waals surface area contributed by atoms with E-state index in [1.165, 1.54) is 0 Å². The minimum atomic E-state index is -0.336. The maximum Gasteiger partial charge on any atom is 0.228 e. The normalized spacial score (nSPS) is 19.8. The largest absolute Gasteiger partial charge is 0.370 e. The Labute approximate surface area is 94.4 Å². The highest BCUT2D eigenvalue weighted by atomic mass is 16.5. The minimum absolute atomic E-state index is 0.104. The number of ether oxygens (including phenoxy) is 1. The molecule has 16 heavy (non-hydrogen) atoms. The standard InChI is InChI=1S/C11H15N3O2/c1-8(7-12)6-9-13-10(14-16-9)11(15-2)4-3-5-11/h8H,3-6H2,1-2H3. The first kappa shape index (κ1) is 11.1. The van der Waals surface area contributed by atoms with Crippen LogP contribution in [0.2, 0.25) is 0 Å². The van der Waals surface area contributed by atoms with Crippen molar-refractivity contribution in [1.82, 2.24) is 10.1 Å². The molecular weight excluding hydrogens is 206 g/mol. The molecule has 1 aliphatic carbocycles. The molecule has 5 heteroatoms. The highest BCUT2D eigenvalue weighted by Crippen LogP contribution is 2.42. The van der Waals surface area contributed by atoms with Gasteiger partial charge in [-0.25, -0.2) is 0 Å². The molecule has 1 fully saturated rings. The van der Waals surface area contributed by atoms with Crippen molar-refractivity contribution in [2.45, 2.75) is 38.2 Å². The van der Waals surface area contributed by atoms with Gasteiger partial charge in [0.05, 0.1) is 12.0 Å². The lowest BCUT2D eigenvalue weighted by Gasteiger charge is -2.37. The van der Waals surface area contributed by atoms with Crippen molar-refractivity contribution < 1.29 is 9.26 Å². The predicted octanol–water partition coefficient (Wildman–Crippen LogP) is 1.80. The Morgan fingerprint density at radius 2 is 2.38 bits per heavy atom. The molecule has 0 spiro atoms. The Balaban J connectivity index is 2.10. The average molecular weight is 221 g/mol.